The van der Waals surface area contributed by atoms with Gasteiger partial charge in [0.05, 0.1) is 0 Å². The van der Waals surface area contributed by atoms with Crippen LogP contribution in [0.5, 0.6) is 0 Å². The lowest BCUT2D eigenvalue weighted by Crippen LogP contribution is -2.28. The largest absolute Gasteiger partial charge is 0.334 e. The van der Waals surface area contributed by atoms with Crippen LogP contribution in [-0.2, 0) is 6.54 Å². The second-order valence-corrected chi connectivity index (χ2v) is 7.19. The fraction of sp³-hybridized carbons (Fsp3) is 0.261. The van der Waals surface area contributed by atoms with Crippen LogP contribution in [-0.4, -0.2) is 10.6 Å². The van der Waals surface area contributed by atoms with Gasteiger partial charge in [0.2, 0.25) is 0 Å². The van der Waals surface area contributed by atoms with Crippen molar-refractivity contribution in [2.24, 2.45) is 0 Å². The summed E-state index contributed by atoms with van der Waals surface area (Å²) >= 11 is 0. The molecule has 4 heteroatoms. The van der Waals surface area contributed by atoms with Gasteiger partial charge in [-0.05, 0) is 70.0 Å². The van der Waals surface area contributed by atoms with Gasteiger partial charge in [0.15, 0.2) is 0 Å². The molecule has 4 nitrogen and oxygen atoms in total. The van der Waals surface area contributed by atoms with E-state index in [0.29, 0.717) is 6.54 Å². The summed E-state index contributed by atoms with van der Waals surface area (Å²) in [5, 5.41) is 5.90. The minimum atomic E-state index is -0.193. The summed E-state index contributed by atoms with van der Waals surface area (Å²) in [5.74, 6) is 0. The zero-order chi connectivity index (χ0) is 19.6. The number of nitrogens with zero attached hydrogens (tertiary/aromatic N) is 1. The Balaban J connectivity index is 1.70. The van der Waals surface area contributed by atoms with E-state index >= 15 is 0 Å². The minimum Gasteiger partial charge on any atom is -0.334 e. The van der Waals surface area contributed by atoms with E-state index < -0.39 is 0 Å². The Kier molecular flexibility index (Phi) is 5.36. The molecule has 0 unspecified atom stereocenters. The molecule has 3 rings (SSSR count). The monoisotopic (exact) mass is 361 g/mol. The van der Waals surface area contributed by atoms with Gasteiger partial charge < -0.3 is 15.2 Å². The van der Waals surface area contributed by atoms with Crippen molar-refractivity contribution in [2.75, 3.05) is 5.32 Å². The summed E-state index contributed by atoms with van der Waals surface area (Å²) in [6.07, 6.45) is 0. The summed E-state index contributed by atoms with van der Waals surface area (Å²) < 4.78 is 2.22. The smallest absolute Gasteiger partial charge is 0.319 e. The molecule has 0 atom stereocenters. The molecule has 140 valence electrons. The van der Waals surface area contributed by atoms with E-state index in [4.69, 9.17) is 0 Å². The number of hydrogen-bond donors (Lipinski definition) is 2. The third-order valence-corrected chi connectivity index (χ3v) is 4.90. The maximum Gasteiger partial charge on any atom is 0.319 e. The molecule has 0 fully saturated rings. The van der Waals surface area contributed by atoms with Crippen molar-refractivity contribution >= 4 is 11.7 Å². The molecule has 27 heavy (non-hydrogen) atoms. The van der Waals surface area contributed by atoms with Crippen LogP contribution in [0, 0.1) is 34.6 Å². The van der Waals surface area contributed by atoms with E-state index in [2.05, 4.69) is 72.4 Å². The van der Waals surface area contributed by atoms with E-state index in [1.165, 1.54) is 11.1 Å². The second kappa shape index (κ2) is 7.70. The van der Waals surface area contributed by atoms with Gasteiger partial charge in [-0.15, -0.1) is 0 Å². The average Bonchev–Trinajstić information content (AvgIpc) is 2.90. The Hall–Kier alpha value is -3.01. The normalized spacial score (nSPS) is 10.7. The molecule has 1 aromatic heterocycles. The third kappa shape index (κ3) is 4.22. The van der Waals surface area contributed by atoms with Gasteiger partial charge in [0, 0.05) is 29.3 Å². The summed E-state index contributed by atoms with van der Waals surface area (Å²) in [6, 6.07) is 16.4. The molecule has 2 amide bonds. The Labute approximate surface area is 161 Å². The number of urea groups is 1. The molecule has 1 heterocycles. The van der Waals surface area contributed by atoms with Crippen LogP contribution in [0.4, 0.5) is 10.5 Å². The summed E-state index contributed by atoms with van der Waals surface area (Å²) in [4.78, 5) is 12.3. The molecule has 0 radical (unpaired) electrons. The van der Waals surface area contributed by atoms with Crippen LogP contribution < -0.4 is 10.6 Å². The number of rotatable bonds is 4. The van der Waals surface area contributed by atoms with Crippen molar-refractivity contribution in [3.63, 3.8) is 0 Å². The molecule has 0 saturated heterocycles. The van der Waals surface area contributed by atoms with E-state index in [1.54, 1.807) is 0 Å². The molecule has 0 saturated carbocycles. The maximum absolute atomic E-state index is 12.3. The molecule has 3 aromatic rings. The van der Waals surface area contributed by atoms with Gasteiger partial charge in [-0.25, -0.2) is 4.79 Å². The molecular weight excluding hydrogens is 334 g/mol. The third-order valence-electron chi connectivity index (χ3n) is 4.90. The van der Waals surface area contributed by atoms with Gasteiger partial charge in [-0.2, -0.15) is 0 Å². The standard InChI is InChI=1S/C23H27N3O/c1-15-6-9-21(10-7-15)26-18(4)13-20(19(26)5)14-24-23(27)25-22-11-8-16(2)12-17(22)3/h6-13H,14H2,1-5H3,(H2,24,25,27). The highest BCUT2D eigenvalue weighted by atomic mass is 16.2. The fourth-order valence-electron chi connectivity index (χ4n) is 3.40. The van der Waals surface area contributed by atoms with Crippen molar-refractivity contribution in [3.05, 3.63) is 82.2 Å². The predicted molar refractivity (Wildman–Crippen MR) is 112 cm³/mol. The van der Waals surface area contributed by atoms with Crippen molar-refractivity contribution in [1.29, 1.82) is 0 Å². The number of hydrogen-bond acceptors (Lipinski definition) is 1. The minimum absolute atomic E-state index is 0.193. The Morgan fingerprint density at radius 2 is 1.56 bits per heavy atom. The van der Waals surface area contributed by atoms with Crippen molar-refractivity contribution < 1.29 is 4.79 Å². The zero-order valence-corrected chi connectivity index (χ0v) is 16.7. The van der Waals surface area contributed by atoms with Gasteiger partial charge in [0.25, 0.3) is 0 Å². The first-order valence-electron chi connectivity index (χ1n) is 9.22. The van der Waals surface area contributed by atoms with Gasteiger partial charge in [-0.3, -0.25) is 0 Å². The quantitative estimate of drug-likeness (QED) is 0.647. The van der Waals surface area contributed by atoms with Crippen molar-refractivity contribution in [1.82, 2.24) is 9.88 Å². The SMILES string of the molecule is Cc1ccc(-n2c(C)cc(CNC(=O)Nc3ccc(C)cc3C)c2C)cc1. The van der Waals surface area contributed by atoms with E-state index in [0.717, 1.165) is 33.9 Å². The predicted octanol–water partition coefficient (Wildman–Crippen LogP) is 5.34. The number of amides is 2. The van der Waals surface area contributed by atoms with E-state index in [1.807, 2.05) is 26.0 Å². The van der Waals surface area contributed by atoms with Crippen LogP contribution in [0.2, 0.25) is 0 Å². The van der Waals surface area contributed by atoms with Crippen LogP contribution in [0.1, 0.15) is 33.6 Å². The second-order valence-electron chi connectivity index (χ2n) is 7.19. The number of carbonyl (C=O) groups excluding carboxylic acids is 1. The van der Waals surface area contributed by atoms with Crippen molar-refractivity contribution in [2.45, 2.75) is 41.2 Å². The molecular formula is C23H27N3O. The summed E-state index contributed by atoms with van der Waals surface area (Å²) in [5.41, 5.74) is 8.87. The zero-order valence-electron chi connectivity index (χ0n) is 16.7. The van der Waals surface area contributed by atoms with Gasteiger partial charge in [0.1, 0.15) is 0 Å². The average molecular weight is 361 g/mol. The van der Waals surface area contributed by atoms with Crippen molar-refractivity contribution in [3.8, 4) is 5.69 Å². The highest BCUT2D eigenvalue weighted by Crippen LogP contribution is 2.21. The Morgan fingerprint density at radius 1 is 0.889 bits per heavy atom. The molecule has 0 bridgehead atoms. The highest BCUT2D eigenvalue weighted by molar-refractivity contribution is 5.90. The Bertz CT molecular complexity index is 968. The van der Waals surface area contributed by atoms with Gasteiger partial charge >= 0.3 is 6.03 Å². The summed E-state index contributed by atoms with van der Waals surface area (Å²) in [6.45, 7) is 10.8. The highest BCUT2D eigenvalue weighted by Gasteiger charge is 2.12. The first-order valence-corrected chi connectivity index (χ1v) is 9.22. The first-order chi connectivity index (χ1) is 12.8. The number of nitrogens with one attached hydrogen (secondary N) is 2. The number of benzene rings is 2. The van der Waals surface area contributed by atoms with Crippen LogP contribution >= 0.6 is 0 Å². The lowest BCUT2D eigenvalue weighted by molar-refractivity contribution is 0.251. The van der Waals surface area contributed by atoms with E-state index in [9.17, 15) is 4.79 Å². The number of aromatic nitrogens is 1. The van der Waals surface area contributed by atoms with Crippen LogP contribution in [0.25, 0.3) is 5.69 Å². The van der Waals surface area contributed by atoms with Crippen LogP contribution in [0.15, 0.2) is 48.5 Å². The first kappa shape index (κ1) is 18.8. The molecule has 2 aromatic carbocycles. The molecule has 2 N–H and O–H groups in total. The topological polar surface area (TPSA) is 46.1 Å². The molecule has 0 aliphatic carbocycles. The van der Waals surface area contributed by atoms with E-state index in [-0.39, 0.29) is 6.03 Å². The molecule has 0 aliphatic rings. The molecule has 0 aliphatic heterocycles. The van der Waals surface area contributed by atoms with Crippen LogP contribution in [0.3, 0.4) is 0 Å². The maximum atomic E-state index is 12.3. The Morgan fingerprint density at radius 3 is 2.22 bits per heavy atom. The number of anilines is 1. The fourth-order valence-corrected chi connectivity index (χ4v) is 3.40. The summed E-state index contributed by atoms with van der Waals surface area (Å²) in [7, 11) is 0. The number of carbonyl (C=O) groups is 1. The lowest BCUT2D eigenvalue weighted by Gasteiger charge is -2.12. The lowest BCUT2D eigenvalue weighted by atomic mass is 10.1. The molecule has 0 spiro atoms. The van der Waals surface area contributed by atoms with Gasteiger partial charge in [-0.1, -0.05) is 35.4 Å². The number of aryl methyl sites for hydroxylation is 4.